The lowest BCUT2D eigenvalue weighted by Crippen LogP contribution is -2.33. The Morgan fingerprint density at radius 3 is 2.65 bits per heavy atom. The molecule has 0 saturated heterocycles. The molecule has 0 aliphatic carbocycles. The molecule has 20 heavy (non-hydrogen) atoms. The molecule has 2 aromatic rings. The Morgan fingerprint density at radius 1 is 1.20 bits per heavy atom. The van der Waals surface area contributed by atoms with E-state index < -0.39 is 0 Å². The minimum Gasteiger partial charge on any atom is -0.492 e. The van der Waals surface area contributed by atoms with Crippen LogP contribution in [0.2, 0.25) is 5.02 Å². The molecule has 1 unspecified atom stereocenters. The van der Waals surface area contributed by atoms with Crippen molar-refractivity contribution >= 4 is 11.6 Å². The summed E-state index contributed by atoms with van der Waals surface area (Å²) in [4.78, 5) is 0. The predicted molar refractivity (Wildman–Crippen MR) is 82.9 cm³/mol. The molecule has 2 rings (SSSR count). The third-order valence-corrected chi connectivity index (χ3v) is 3.67. The molecular formula is C16H19ClN2O. The van der Waals surface area contributed by atoms with Crippen molar-refractivity contribution in [1.29, 1.82) is 0 Å². The number of aryl methyl sites for hydroxylation is 1. The fourth-order valence-corrected chi connectivity index (χ4v) is 2.30. The normalized spacial score (nSPS) is 12.2. The molecule has 4 heteroatoms. The van der Waals surface area contributed by atoms with Crippen LogP contribution >= 0.6 is 11.6 Å². The first-order valence-corrected chi connectivity index (χ1v) is 6.90. The largest absolute Gasteiger partial charge is 0.492 e. The van der Waals surface area contributed by atoms with E-state index in [4.69, 9.17) is 22.2 Å². The fourth-order valence-electron chi connectivity index (χ4n) is 2.12. The van der Waals surface area contributed by atoms with Crippen LogP contribution in [-0.4, -0.2) is 6.61 Å². The SMILES string of the molecule is Cc1cccc(C(COc2cccc(Cl)c2)NN)c1C. The average Bonchev–Trinajstić information content (AvgIpc) is 2.44. The number of nitrogens with two attached hydrogens (primary N) is 1. The van der Waals surface area contributed by atoms with E-state index in [0.717, 1.165) is 11.3 Å². The summed E-state index contributed by atoms with van der Waals surface area (Å²) in [6, 6.07) is 13.5. The molecule has 1 atom stereocenters. The van der Waals surface area contributed by atoms with E-state index in [-0.39, 0.29) is 6.04 Å². The van der Waals surface area contributed by atoms with Crippen molar-refractivity contribution < 1.29 is 4.74 Å². The van der Waals surface area contributed by atoms with Crippen LogP contribution in [0.3, 0.4) is 0 Å². The van der Waals surface area contributed by atoms with Crippen molar-refractivity contribution in [1.82, 2.24) is 5.43 Å². The second kappa shape index (κ2) is 6.75. The first-order chi connectivity index (χ1) is 9.61. The first-order valence-electron chi connectivity index (χ1n) is 6.52. The predicted octanol–water partition coefficient (Wildman–Crippen LogP) is 3.54. The van der Waals surface area contributed by atoms with Gasteiger partial charge in [0.25, 0.3) is 0 Å². The van der Waals surface area contributed by atoms with Crippen molar-refractivity contribution in [2.75, 3.05) is 6.61 Å². The molecule has 2 aromatic carbocycles. The van der Waals surface area contributed by atoms with Crippen molar-refractivity contribution in [2.45, 2.75) is 19.9 Å². The van der Waals surface area contributed by atoms with Crippen LogP contribution in [0.1, 0.15) is 22.7 Å². The van der Waals surface area contributed by atoms with E-state index in [1.54, 1.807) is 6.07 Å². The van der Waals surface area contributed by atoms with Crippen LogP contribution in [0, 0.1) is 13.8 Å². The molecule has 0 aliphatic heterocycles. The van der Waals surface area contributed by atoms with Gasteiger partial charge in [0.05, 0.1) is 6.04 Å². The van der Waals surface area contributed by atoms with Gasteiger partial charge in [-0.15, -0.1) is 0 Å². The van der Waals surface area contributed by atoms with E-state index in [1.807, 2.05) is 24.3 Å². The summed E-state index contributed by atoms with van der Waals surface area (Å²) in [6.07, 6.45) is 0. The summed E-state index contributed by atoms with van der Waals surface area (Å²) in [5, 5.41) is 0.659. The van der Waals surface area contributed by atoms with Gasteiger partial charge >= 0.3 is 0 Å². The Kier molecular flexibility index (Phi) is 5.01. The molecule has 3 nitrogen and oxygen atoms in total. The van der Waals surface area contributed by atoms with Crippen LogP contribution < -0.4 is 16.0 Å². The number of nitrogens with one attached hydrogen (secondary N) is 1. The molecule has 0 saturated carbocycles. The lowest BCUT2D eigenvalue weighted by Gasteiger charge is -2.20. The van der Waals surface area contributed by atoms with Gasteiger partial charge in [-0.25, -0.2) is 5.43 Å². The van der Waals surface area contributed by atoms with E-state index in [9.17, 15) is 0 Å². The van der Waals surface area contributed by atoms with Gasteiger partial charge in [0.2, 0.25) is 0 Å². The Morgan fingerprint density at radius 2 is 1.95 bits per heavy atom. The zero-order valence-corrected chi connectivity index (χ0v) is 12.4. The maximum absolute atomic E-state index is 5.94. The maximum Gasteiger partial charge on any atom is 0.120 e. The van der Waals surface area contributed by atoms with Gasteiger partial charge in [0, 0.05) is 5.02 Å². The lowest BCUT2D eigenvalue weighted by molar-refractivity contribution is 0.267. The number of hydrazine groups is 1. The minimum atomic E-state index is -0.0612. The molecular weight excluding hydrogens is 272 g/mol. The third-order valence-electron chi connectivity index (χ3n) is 3.44. The fraction of sp³-hybridized carbons (Fsp3) is 0.250. The van der Waals surface area contributed by atoms with Crippen LogP contribution in [0.15, 0.2) is 42.5 Å². The summed E-state index contributed by atoms with van der Waals surface area (Å²) in [7, 11) is 0. The number of hydrogen-bond donors (Lipinski definition) is 2. The molecule has 0 heterocycles. The highest BCUT2D eigenvalue weighted by atomic mass is 35.5. The molecule has 0 bridgehead atoms. The smallest absolute Gasteiger partial charge is 0.120 e. The van der Waals surface area contributed by atoms with Gasteiger partial charge in [0.1, 0.15) is 12.4 Å². The van der Waals surface area contributed by atoms with E-state index in [1.165, 1.54) is 11.1 Å². The van der Waals surface area contributed by atoms with Crippen LogP contribution in [-0.2, 0) is 0 Å². The van der Waals surface area contributed by atoms with Crippen LogP contribution in [0.25, 0.3) is 0 Å². The van der Waals surface area contributed by atoms with Crippen molar-refractivity contribution in [2.24, 2.45) is 5.84 Å². The summed E-state index contributed by atoms with van der Waals surface area (Å²) in [6.45, 7) is 4.62. The minimum absolute atomic E-state index is 0.0612. The Labute approximate surface area is 124 Å². The number of benzene rings is 2. The third kappa shape index (κ3) is 3.51. The van der Waals surface area contributed by atoms with E-state index in [2.05, 4.69) is 31.4 Å². The zero-order valence-electron chi connectivity index (χ0n) is 11.7. The second-order valence-corrected chi connectivity index (χ2v) is 5.21. The maximum atomic E-state index is 5.94. The van der Waals surface area contributed by atoms with Gasteiger partial charge in [0.15, 0.2) is 0 Å². The van der Waals surface area contributed by atoms with Gasteiger partial charge in [-0.2, -0.15) is 0 Å². The van der Waals surface area contributed by atoms with Crippen LogP contribution in [0.4, 0.5) is 0 Å². The quantitative estimate of drug-likeness (QED) is 0.654. The molecule has 0 amide bonds. The summed E-state index contributed by atoms with van der Waals surface area (Å²) in [5.74, 6) is 6.40. The van der Waals surface area contributed by atoms with Gasteiger partial charge in [-0.05, 0) is 48.7 Å². The Hall–Kier alpha value is -1.55. The van der Waals surface area contributed by atoms with Crippen molar-refractivity contribution in [3.63, 3.8) is 0 Å². The Balaban J connectivity index is 2.11. The molecule has 0 spiro atoms. The topological polar surface area (TPSA) is 47.3 Å². The highest BCUT2D eigenvalue weighted by Gasteiger charge is 2.14. The molecule has 3 N–H and O–H groups in total. The highest BCUT2D eigenvalue weighted by molar-refractivity contribution is 6.30. The summed E-state index contributed by atoms with van der Waals surface area (Å²) < 4.78 is 5.76. The standard InChI is InChI=1S/C16H19ClN2O/c1-11-5-3-8-15(12(11)2)16(19-18)10-20-14-7-4-6-13(17)9-14/h3-9,16,19H,10,18H2,1-2H3. The van der Waals surface area contributed by atoms with Gasteiger partial charge in [-0.1, -0.05) is 35.9 Å². The van der Waals surface area contributed by atoms with Gasteiger partial charge < -0.3 is 4.74 Å². The number of halogens is 1. The van der Waals surface area contributed by atoms with Crippen molar-refractivity contribution in [3.05, 3.63) is 64.2 Å². The van der Waals surface area contributed by atoms with Crippen LogP contribution in [0.5, 0.6) is 5.75 Å². The number of ether oxygens (including phenoxy) is 1. The molecule has 0 aliphatic rings. The number of rotatable bonds is 5. The molecule has 106 valence electrons. The summed E-state index contributed by atoms with van der Waals surface area (Å²) in [5.41, 5.74) is 6.43. The Bertz CT molecular complexity index is 586. The van der Waals surface area contributed by atoms with E-state index in [0.29, 0.717) is 11.6 Å². The van der Waals surface area contributed by atoms with E-state index >= 15 is 0 Å². The lowest BCUT2D eigenvalue weighted by atomic mass is 9.98. The first kappa shape index (κ1) is 14.9. The molecule has 0 radical (unpaired) electrons. The number of hydrogen-bond acceptors (Lipinski definition) is 3. The van der Waals surface area contributed by atoms with Gasteiger partial charge in [-0.3, -0.25) is 5.84 Å². The molecule has 0 fully saturated rings. The second-order valence-electron chi connectivity index (χ2n) is 4.78. The monoisotopic (exact) mass is 290 g/mol. The molecule has 0 aromatic heterocycles. The zero-order chi connectivity index (χ0) is 14.5. The highest BCUT2D eigenvalue weighted by Crippen LogP contribution is 2.22. The summed E-state index contributed by atoms with van der Waals surface area (Å²) >= 11 is 5.94. The average molecular weight is 291 g/mol. The van der Waals surface area contributed by atoms with Crippen molar-refractivity contribution in [3.8, 4) is 5.75 Å².